The number of nitrogens with one attached hydrogen (secondary N) is 1. The monoisotopic (exact) mass is 165 g/mol. The van der Waals surface area contributed by atoms with Gasteiger partial charge in [-0.2, -0.15) is 0 Å². The number of nitrogens with zero attached hydrogens (tertiary/aromatic N) is 1. The van der Waals surface area contributed by atoms with Gasteiger partial charge in [0, 0.05) is 6.20 Å². The van der Waals surface area contributed by atoms with Gasteiger partial charge in [0.25, 0.3) is 0 Å². The fourth-order valence-corrected chi connectivity index (χ4v) is 0.739. The van der Waals surface area contributed by atoms with Crippen molar-refractivity contribution in [3.8, 4) is 0 Å². The highest BCUT2D eigenvalue weighted by Gasteiger charge is 1.89. The van der Waals surface area contributed by atoms with Gasteiger partial charge in [-0.25, -0.2) is 9.78 Å². The second-order valence-electron chi connectivity index (χ2n) is 2.07. The predicted octanol–water partition coefficient (Wildman–Crippen LogP) is 0.577. The van der Waals surface area contributed by atoms with Crippen LogP contribution in [0.1, 0.15) is 0 Å². The molecule has 1 radical (unpaired) electrons. The van der Waals surface area contributed by atoms with Crippen LogP contribution in [0.25, 0.3) is 0 Å². The van der Waals surface area contributed by atoms with Gasteiger partial charge in [0.2, 0.25) is 0 Å². The first-order valence-electron chi connectivity index (χ1n) is 3.57. The van der Waals surface area contributed by atoms with E-state index in [2.05, 4.69) is 15.0 Å². The molecule has 0 fully saturated rings. The van der Waals surface area contributed by atoms with E-state index in [4.69, 9.17) is 0 Å². The number of hydrogen-bond donors (Lipinski definition) is 1. The number of carbonyl (C=O) groups excluding carboxylic acids is 1. The Balaban J connectivity index is 2.20. The van der Waals surface area contributed by atoms with Crippen LogP contribution in [0.5, 0.6) is 0 Å². The molecule has 0 bridgehead atoms. The highest BCUT2D eigenvalue weighted by molar-refractivity contribution is 5.38. The summed E-state index contributed by atoms with van der Waals surface area (Å²) in [5.74, 6) is 0.770. The van der Waals surface area contributed by atoms with E-state index in [1.807, 2.05) is 18.2 Å². The van der Waals surface area contributed by atoms with Gasteiger partial charge in [0.15, 0.2) is 0 Å². The number of anilines is 1. The minimum Gasteiger partial charge on any atom is -0.455 e. The summed E-state index contributed by atoms with van der Waals surface area (Å²) in [6.07, 6.45) is 1.69. The molecule has 63 valence electrons. The topological polar surface area (TPSA) is 51.2 Å². The SMILES string of the molecule is O=[C]OCCNc1ccccn1. The molecule has 4 nitrogen and oxygen atoms in total. The van der Waals surface area contributed by atoms with Crippen LogP contribution in [0.2, 0.25) is 0 Å². The second kappa shape index (κ2) is 5.12. The molecule has 4 heteroatoms. The molecular weight excluding hydrogens is 156 g/mol. The molecule has 0 saturated carbocycles. The Morgan fingerprint density at radius 3 is 3.17 bits per heavy atom. The van der Waals surface area contributed by atoms with Gasteiger partial charge in [0.1, 0.15) is 12.4 Å². The first-order chi connectivity index (χ1) is 5.93. The van der Waals surface area contributed by atoms with Crippen molar-refractivity contribution < 1.29 is 9.53 Å². The maximum absolute atomic E-state index is 9.63. The molecule has 0 aliphatic carbocycles. The molecule has 0 amide bonds. The van der Waals surface area contributed by atoms with Crippen molar-refractivity contribution in [2.24, 2.45) is 0 Å². The quantitative estimate of drug-likeness (QED) is 0.648. The van der Waals surface area contributed by atoms with Crippen LogP contribution in [0.4, 0.5) is 5.82 Å². The Morgan fingerprint density at radius 1 is 1.58 bits per heavy atom. The summed E-state index contributed by atoms with van der Waals surface area (Å²) in [4.78, 5) is 13.6. The minimum atomic E-state index is 0.306. The van der Waals surface area contributed by atoms with Crippen LogP contribution in [0, 0.1) is 0 Å². The van der Waals surface area contributed by atoms with Crippen LogP contribution in [0.3, 0.4) is 0 Å². The molecule has 0 saturated heterocycles. The maximum Gasteiger partial charge on any atom is 0.417 e. The average molecular weight is 165 g/mol. The van der Waals surface area contributed by atoms with Crippen molar-refractivity contribution in [1.29, 1.82) is 0 Å². The van der Waals surface area contributed by atoms with Gasteiger partial charge in [-0.15, -0.1) is 0 Å². The molecule has 1 aromatic heterocycles. The molecule has 1 rings (SSSR count). The molecule has 1 aromatic rings. The Hall–Kier alpha value is -1.58. The lowest BCUT2D eigenvalue weighted by Crippen LogP contribution is -2.09. The molecule has 12 heavy (non-hydrogen) atoms. The van der Waals surface area contributed by atoms with E-state index < -0.39 is 0 Å². The molecule has 1 N–H and O–H groups in total. The summed E-state index contributed by atoms with van der Waals surface area (Å²) in [7, 11) is 0. The molecule has 0 aromatic carbocycles. The van der Waals surface area contributed by atoms with E-state index in [-0.39, 0.29) is 0 Å². The summed E-state index contributed by atoms with van der Waals surface area (Å²) >= 11 is 0. The van der Waals surface area contributed by atoms with Crippen LogP contribution >= 0.6 is 0 Å². The third-order valence-corrected chi connectivity index (χ3v) is 1.23. The summed E-state index contributed by atoms with van der Waals surface area (Å²) < 4.78 is 4.36. The lowest BCUT2D eigenvalue weighted by atomic mass is 10.4. The summed E-state index contributed by atoms with van der Waals surface area (Å²) in [6.45, 7) is 2.20. The normalized spacial score (nSPS) is 9.00. The predicted molar refractivity (Wildman–Crippen MR) is 44.4 cm³/mol. The maximum atomic E-state index is 9.63. The highest BCUT2D eigenvalue weighted by atomic mass is 16.5. The summed E-state index contributed by atoms with van der Waals surface area (Å²) in [5, 5.41) is 2.96. The lowest BCUT2D eigenvalue weighted by molar-refractivity contribution is 0.290. The second-order valence-corrected chi connectivity index (χ2v) is 2.07. The van der Waals surface area contributed by atoms with Gasteiger partial charge in [0.05, 0.1) is 6.54 Å². The fourth-order valence-electron chi connectivity index (χ4n) is 0.739. The van der Waals surface area contributed by atoms with Crippen LogP contribution in [-0.4, -0.2) is 24.6 Å². The van der Waals surface area contributed by atoms with Crippen LogP contribution < -0.4 is 5.32 Å². The average Bonchev–Trinajstić information content (AvgIpc) is 2.14. The Bertz CT molecular complexity index is 226. The number of aromatic nitrogens is 1. The first kappa shape index (κ1) is 8.52. The summed E-state index contributed by atoms with van der Waals surface area (Å²) in [6, 6.07) is 5.55. The molecule has 0 spiro atoms. The summed E-state index contributed by atoms with van der Waals surface area (Å²) in [5.41, 5.74) is 0. The zero-order chi connectivity index (χ0) is 8.65. The van der Waals surface area contributed by atoms with Gasteiger partial charge in [-0.1, -0.05) is 6.07 Å². The Morgan fingerprint density at radius 2 is 2.50 bits per heavy atom. The van der Waals surface area contributed by atoms with E-state index in [9.17, 15) is 4.79 Å². The number of rotatable bonds is 5. The fraction of sp³-hybridized carbons (Fsp3) is 0.250. The molecule has 0 unspecified atom stereocenters. The molecular formula is C8H9N2O2. The van der Waals surface area contributed by atoms with Gasteiger partial charge in [-0.05, 0) is 12.1 Å². The minimum absolute atomic E-state index is 0.306. The first-order valence-corrected chi connectivity index (χ1v) is 3.57. The third kappa shape index (κ3) is 3.01. The molecule has 0 aliphatic rings. The van der Waals surface area contributed by atoms with Gasteiger partial charge in [-0.3, -0.25) is 0 Å². The zero-order valence-corrected chi connectivity index (χ0v) is 6.49. The van der Waals surface area contributed by atoms with Crippen molar-refractivity contribution in [2.45, 2.75) is 0 Å². The van der Waals surface area contributed by atoms with E-state index in [0.29, 0.717) is 13.2 Å². The van der Waals surface area contributed by atoms with E-state index in [1.54, 1.807) is 6.20 Å². The Labute approximate surface area is 70.6 Å². The van der Waals surface area contributed by atoms with E-state index in [1.165, 1.54) is 6.47 Å². The lowest BCUT2D eigenvalue weighted by Gasteiger charge is -2.02. The molecule has 1 heterocycles. The number of ether oxygens (including phenoxy) is 1. The van der Waals surface area contributed by atoms with Crippen LogP contribution in [0.15, 0.2) is 24.4 Å². The number of hydrogen-bond acceptors (Lipinski definition) is 4. The van der Waals surface area contributed by atoms with Gasteiger partial charge >= 0.3 is 6.47 Å². The van der Waals surface area contributed by atoms with Crippen molar-refractivity contribution in [3.05, 3.63) is 24.4 Å². The zero-order valence-electron chi connectivity index (χ0n) is 6.49. The van der Waals surface area contributed by atoms with Crippen molar-refractivity contribution in [3.63, 3.8) is 0 Å². The van der Waals surface area contributed by atoms with Crippen molar-refractivity contribution >= 4 is 12.3 Å². The highest BCUT2D eigenvalue weighted by Crippen LogP contribution is 1.97. The Kier molecular flexibility index (Phi) is 3.63. The van der Waals surface area contributed by atoms with Gasteiger partial charge < -0.3 is 10.1 Å². The largest absolute Gasteiger partial charge is 0.455 e. The van der Waals surface area contributed by atoms with E-state index >= 15 is 0 Å². The smallest absolute Gasteiger partial charge is 0.417 e. The number of pyridine rings is 1. The van der Waals surface area contributed by atoms with Crippen LogP contribution in [-0.2, 0) is 9.53 Å². The standard InChI is InChI=1S/C8H9N2O2/c11-7-12-6-5-10-8-3-1-2-4-9-8/h1-4H,5-6H2,(H,9,10). The molecule has 0 aliphatic heterocycles. The van der Waals surface area contributed by atoms with Crippen molar-refractivity contribution in [1.82, 2.24) is 4.98 Å². The molecule has 0 atom stereocenters. The third-order valence-electron chi connectivity index (χ3n) is 1.23. The van der Waals surface area contributed by atoms with Crippen molar-refractivity contribution in [2.75, 3.05) is 18.5 Å². The van der Waals surface area contributed by atoms with E-state index in [0.717, 1.165) is 5.82 Å².